The first-order valence-electron chi connectivity index (χ1n) is 6.32. The van der Waals surface area contributed by atoms with E-state index in [1.54, 1.807) is 12.1 Å². The number of methoxy groups -OCH3 is 1. The van der Waals surface area contributed by atoms with Gasteiger partial charge in [0.1, 0.15) is 5.82 Å². The second-order valence-electron chi connectivity index (χ2n) is 5.49. The molecule has 0 aliphatic rings. The highest BCUT2D eigenvalue weighted by atomic mass is 19.1. The van der Waals surface area contributed by atoms with Crippen LogP contribution in [0.3, 0.4) is 0 Å². The molecule has 1 unspecified atom stereocenters. The van der Waals surface area contributed by atoms with E-state index >= 15 is 0 Å². The summed E-state index contributed by atoms with van der Waals surface area (Å²) >= 11 is 0. The van der Waals surface area contributed by atoms with E-state index in [9.17, 15) is 9.18 Å². The van der Waals surface area contributed by atoms with E-state index in [0.717, 1.165) is 0 Å². The number of rotatable bonds is 5. The van der Waals surface area contributed by atoms with Crippen LogP contribution in [0.15, 0.2) is 24.3 Å². The van der Waals surface area contributed by atoms with Gasteiger partial charge in [0.25, 0.3) is 0 Å². The predicted octanol–water partition coefficient (Wildman–Crippen LogP) is 3.02. The Bertz CT molecular complexity index is 446. The van der Waals surface area contributed by atoms with Crippen LogP contribution in [0.5, 0.6) is 0 Å². The minimum atomic E-state index is -0.622. The number of ether oxygens (including phenoxy) is 1. The Morgan fingerprint density at radius 2 is 2.00 bits per heavy atom. The number of nitrogens with zero attached hydrogens (tertiary/aromatic N) is 1. The summed E-state index contributed by atoms with van der Waals surface area (Å²) < 4.78 is 18.5. The zero-order chi connectivity index (χ0) is 14.6. The Kier molecular flexibility index (Phi) is 5.06. The number of halogens is 1. The molecule has 0 aliphatic carbocycles. The zero-order valence-electron chi connectivity index (χ0n) is 12.2. The lowest BCUT2D eigenvalue weighted by atomic mass is 9.92. The van der Waals surface area contributed by atoms with E-state index in [-0.39, 0.29) is 17.8 Å². The summed E-state index contributed by atoms with van der Waals surface area (Å²) in [4.78, 5) is 13.6. The minimum Gasteiger partial charge on any atom is -0.469 e. The van der Waals surface area contributed by atoms with Crippen molar-refractivity contribution in [2.75, 3.05) is 20.7 Å². The average molecular weight is 267 g/mol. The molecule has 0 N–H and O–H groups in total. The molecule has 4 heteroatoms. The molecule has 0 heterocycles. The Labute approximate surface area is 114 Å². The molecule has 1 rings (SSSR count). The van der Waals surface area contributed by atoms with E-state index < -0.39 is 5.41 Å². The fourth-order valence-corrected chi connectivity index (χ4v) is 2.15. The highest BCUT2D eigenvalue weighted by Crippen LogP contribution is 2.26. The molecule has 0 aliphatic heterocycles. The van der Waals surface area contributed by atoms with E-state index in [1.807, 2.05) is 38.8 Å². The summed E-state index contributed by atoms with van der Waals surface area (Å²) in [6, 6.07) is 6.59. The maximum atomic E-state index is 13.7. The molecule has 1 aromatic rings. The Morgan fingerprint density at radius 1 is 1.42 bits per heavy atom. The monoisotopic (exact) mass is 267 g/mol. The molecule has 19 heavy (non-hydrogen) atoms. The molecule has 0 radical (unpaired) electrons. The van der Waals surface area contributed by atoms with Crippen LogP contribution in [-0.2, 0) is 9.53 Å². The lowest BCUT2D eigenvalue weighted by molar-refractivity contribution is -0.151. The molecule has 0 fully saturated rings. The normalized spacial score (nSPS) is 13.4. The van der Waals surface area contributed by atoms with Crippen molar-refractivity contribution < 1.29 is 13.9 Å². The molecule has 3 nitrogen and oxygen atoms in total. The first-order chi connectivity index (χ1) is 8.79. The van der Waals surface area contributed by atoms with Crippen molar-refractivity contribution in [1.82, 2.24) is 4.90 Å². The van der Waals surface area contributed by atoms with Crippen LogP contribution < -0.4 is 0 Å². The number of carbonyl (C=O) groups excluding carboxylic acids is 1. The lowest BCUT2D eigenvalue weighted by Crippen LogP contribution is -2.39. The number of benzene rings is 1. The van der Waals surface area contributed by atoms with Gasteiger partial charge in [-0.25, -0.2) is 4.39 Å². The molecule has 0 saturated carbocycles. The van der Waals surface area contributed by atoms with Crippen molar-refractivity contribution >= 4 is 5.97 Å². The van der Waals surface area contributed by atoms with E-state index in [1.165, 1.54) is 13.2 Å². The summed E-state index contributed by atoms with van der Waals surface area (Å²) in [5, 5.41) is 0. The minimum absolute atomic E-state index is 0.106. The van der Waals surface area contributed by atoms with Crippen LogP contribution >= 0.6 is 0 Å². The van der Waals surface area contributed by atoms with Crippen molar-refractivity contribution in [3.8, 4) is 0 Å². The summed E-state index contributed by atoms with van der Waals surface area (Å²) in [5.74, 6) is -0.488. The van der Waals surface area contributed by atoms with Gasteiger partial charge in [-0.05, 0) is 33.9 Å². The Balaban J connectivity index is 2.81. The van der Waals surface area contributed by atoms with Gasteiger partial charge in [0.05, 0.1) is 12.5 Å². The standard InChI is InChI=1S/C15H22FNO2/c1-11(12-8-6-7-9-13(12)16)17(4)10-15(2,3)14(18)19-5/h6-9,11H,10H2,1-5H3. The molecule has 0 bridgehead atoms. The van der Waals surface area contributed by atoms with Crippen molar-refractivity contribution in [2.24, 2.45) is 5.41 Å². The van der Waals surface area contributed by atoms with Gasteiger partial charge in [-0.3, -0.25) is 9.69 Å². The molecule has 0 aromatic heterocycles. The van der Waals surface area contributed by atoms with Crippen LogP contribution in [-0.4, -0.2) is 31.6 Å². The highest BCUT2D eigenvalue weighted by Gasteiger charge is 2.31. The van der Waals surface area contributed by atoms with Crippen LogP contribution in [0, 0.1) is 11.2 Å². The molecular weight excluding hydrogens is 245 g/mol. The Morgan fingerprint density at radius 3 is 2.53 bits per heavy atom. The van der Waals surface area contributed by atoms with E-state index in [0.29, 0.717) is 12.1 Å². The molecule has 106 valence electrons. The third-order valence-electron chi connectivity index (χ3n) is 3.40. The van der Waals surface area contributed by atoms with Crippen molar-refractivity contribution in [3.63, 3.8) is 0 Å². The van der Waals surface area contributed by atoms with E-state index in [2.05, 4.69) is 0 Å². The van der Waals surface area contributed by atoms with Gasteiger partial charge in [0.2, 0.25) is 0 Å². The van der Waals surface area contributed by atoms with Gasteiger partial charge in [-0.2, -0.15) is 0 Å². The van der Waals surface area contributed by atoms with Crippen molar-refractivity contribution in [3.05, 3.63) is 35.6 Å². The first kappa shape index (κ1) is 15.6. The zero-order valence-corrected chi connectivity index (χ0v) is 12.2. The van der Waals surface area contributed by atoms with E-state index in [4.69, 9.17) is 4.74 Å². The fourth-order valence-electron chi connectivity index (χ4n) is 2.15. The fraction of sp³-hybridized carbons (Fsp3) is 0.533. The summed E-state index contributed by atoms with van der Waals surface area (Å²) in [6.07, 6.45) is 0. The number of hydrogen-bond acceptors (Lipinski definition) is 3. The predicted molar refractivity (Wildman–Crippen MR) is 73.2 cm³/mol. The van der Waals surface area contributed by atoms with Gasteiger partial charge in [0.15, 0.2) is 0 Å². The highest BCUT2D eigenvalue weighted by molar-refractivity contribution is 5.76. The molecular formula is C15H22FNO2. The maximum Gasteiger partial charge on any atom is 0.312 e. The number of esters is 1. The quantitative estimate of drug-likeness (QED) is 0.768. The van der Waals surface area contributed by atoms with Gasteiger partial charge in [-0.1, -0.05) is 18.2 Å². The van der Waals surface area contributed by atoms with Crippen LogP contribution in [0.1, 0.15) is 32.4 Å². The van der Waals surface area contributed by atoms with Crippen LogP contribution in [0.2, 0.25) is 0 Å². The third-order valence-corrected chi connectivity index (χ3v) is 3.40. The van der Waals surface area contributed by atoms with Gasteiger partial charge in [-0.15, -0.1) is 0 Å². The summed E-state index contributed by atoms with van der Waals surface area (Å²) in [6.45, 7) is 6.06. The largest absolute Gasteiger partial charge is 0.469 e. The van der Waals surface area contributed by atoms with Crippen molar-refractivity contribution in [2.45, 2.75) is 26.8 Å². The first-order valence-corrected chi connectivity index (χ1v) is 6.32. The summed E-state index contributed by atoms with van der Waals surface area (Å²) in [5.41, 5.74) is 0.00824. The van der Waals surface area contributed by atoms with Gasteiger partial charge in [0, 0.05) is 18.2 Å². The topological polar surface area (TPSA) is 29.5 Å². The lowest BCUT2D eigenvalue weighted by Gasteiger charge is -2.32. The summed E-state index contributed by atoms with van der Waals surface area (Å²) in [7, 11) is 3.26. The second kappa shape index (κ2) is 6.15. The average Bonchev–Trinajstić information content (AvgIpc) is 2.36. The third kappa shape index (κ3) is 3.77. The second-order valence-corrected chi connectivity index (χ2v) is 5.49. The molecule has 1 atom stereocenters. The molecule has 1 aromatic carbocycles. The number of hydrogen-bond donors (Lipinski definition) is 0. The molecule has 0 spiro atoms. The van der Waals surface area contributed by atoms with Crippen LogP contribution in [0.25, 0.3) is 0 Å². The maximum absolute atomic E-state index is 13.7. The molecule has 0 amide bonds. The Hall–Kier alpha value is -1.42. The number of carbonyl (C=O) groups is 1. The van der Waals surface area contributed by atoms with Gasteiger partial charge >= 0.3 is 5.97 Å². The molecule has 0 saturated heterocycles. The smallest absolute Gasteiger partial charge is 0.312 e. The van der Waals surface area contributed by atoms with Crippen LogP contribution in [0.4, 0.5) is 4.39 Å². The SMILES string of the molecule is COC(=O)C(C)(C)CN(C)C(C)c1ccccc1F. The van der Waals surface area contributed by atoms with Crippen molar-refractivity contribution in [1.29, 1.82) is 0 Å². The van der Waals surface area contributed by atoms with Gasteiger partial charge < -0.3 is 4.74 Å².